The van der Waals surface area contributed by atoms with Crippen molar-refractivity contribution in [3.8, 4) is 0 Å². The summed E-state index contributed by atoms with van der Waals surface area (Å²) in [6, 6.07) is 0. The van der Waals surface area contributed by atoms with E-state index >= 15 is 0 Å². The lowest BCUT2D eigenvalue weighted by molar-refractivity contribution is -0.556. The zero-order chi connectivity index (χ0) is 11.3. The second-order valence-electron chi connectivity index (χ2n) is 2.59. The Bertz CT molecular complexity index is 483. The largest absolute Gasteiger partial charge is 0.569 e. The Kier molecular flexibility index (Phi) is 1.31. The summed E-state index contributed by atoms with van der Waals surface area (Å²) in [6.07, 6.45) is 0. The van der Waals surface area contributed by atoms with Gasteiger partial charge < -0.3 is 15.6 Å². The third kappa shape index (κ3) is 1.01. The van der Waals surface area contributed by atoms with Crippen LogP contribution in [0.15, 0.2) is 30.6 Å². The summed E-state index contributed by atoms with van der Waals surface area (Å²) in [6.45, 7) is 0. The van der Waals surface area contributed by atoms with Gasteiger partial charge in [-0.15, -0.1) is 0 Å². The van der Waals surface area contributed by atoms with Crippen molar-refractivity contribution in [2.45, 2.75) is 0 Å². The molecular formula is C3N10O3. The van der Waals surface area contributed by atoms with Crippen molar-refractivity contribution in [1.82, 2.24) is 4.90 Å². The van der Waals surface area contributed by atoms with E-state index in [1.807, 2.05) is 0 Å². The van der Waals surface area contributed by atoms with E-state index in [1.165, 1.54) is 0 Å². The fourth-order valence-electron chi connectivity index (χ4n) is 1.12. The zero-order valence-electron chi connectivity index (χ0n) is 7.20. The first-order valence-electron chi connectivity index (χ1n) is 3.76. The Labute approximate surface area is 85.0 Å². The van der Waals surface area contributed by atoms with Gasteiger partial charge >= 0.3 is 17.9 Å². The van der Waals surface area contributed by atoms with Crippen molar-refractivity contribution in [1.29, 1.82) is 0 Å². The molecule has 0 fully saturated rings. The lowest BCUT2D eigenvalue weighted by atomic mass is 10.6. The minimum absolute atomic E-state index is 0.121. The number of hydrogen-bond donors (Lipinski definition) is 0. The van der Waals surface area contributed by atoms with Crippen LogP contribution in [0.4, 0.5) is 0 Å². The molecule has 0 saturated heterocycles. The molecule has 13 nitrogen and oxygen atoms in total. The van der Waals surface area contributed by atoms with Crippen LogP contribution in [-0.4, -0.2) is 37.7 Å². The van der Waals surface area contributed by atoms with Crippen LogP contribution >= 0.6 is 0 Å². The van der Waals surface area contributed by atoms with E-state index in [2.05, 4.69) is 30.6 Å². The van der Waals surface area contributed by atoms with Gasteiger partial charge in [-0.25, -0.2) is 0 Å². The standard InChI is InChI=1S/C3N10O3/c14-11-4-1-5-12(15)7-3-9-13(16)8-2(6-11)10(1)3. The second-order valence-corrected chi connectivity index (χ2v) is 2.59. The molecule has 0 aromatic carbocycles. The highest BCUT2D eigenvalue weighted by molar-refractivity contribution is 6.14. The van der Waals surface area contributed by atoms with E-state index in [-0.39, 0.29) is 32.8 Å². The Balaban J connectivity index is 2.24. The third-order valence-corrected chi connectivity index (χ3v) is 1.65. The Hall–Kier alpha value is -2.99. The van der Waals surface area contributed by atoms with E-state index < -0.39 is 0 Å². The van der Waals surface area contributed by atoms with Gasteiger partial charge in [0.05, 0.1) is 45.6 Å². The molecule has 0 aromatic heterocycles. The molecule has 13 heteroatoms. The number of nitrogens with zero attached hydrogens (tertiary/aromatic N) is 10. The van der Waals surface area contributed by atoms with Crippen LogP contribution in [0.25, 0.3) is 0 Å². The lowest BCUT2D eigenvalue weighted by Gasteiger charge is -2.18. The molecule has 0 atom stereocenters. The quantitative estimate of drug-likeness (QED) is 0.383. The molecule has 0 N–H and O–H groups in total. The van der Waals surface area contributed by atoms with Gasteiger partial charge in [0.2, 0.25) is 0 Å². The zero-order valence-corrected chi connectivity index (χ0v) is 7.20. The van der Waals surface area contributed by atoms with Crippen LogP contribution in [0.2, 0.25) is 0 Å². The molecule has 3 heterocycles. The first kappa shape index (κ1) is 8.33. The predicted molar refractivity (Wildman–Crippen MR) is 42.3 cm³/mol. The Morgan fingerprint density at radius 2 is 1.00 bits per heavy atom. The van der Waals surface area contributed by atoms with Gasteiger partial charge in [0.1, 0.15) is 0 Å². The summed E-state index contributed by atoms with van der Waals surface area (Å²) in [5, 5.41) is 52.3. The number of hydrogen-bond acceptors (Lipinski definition) is 10. The molecule has 3 aliphatic heterocycles. The highest BCUT2D eigenvalue weighted by Gasteiger charge is 2.44. The van der Waals surface area contributed by atoms with Crippen LogP contribution in [-0.2, 0) is 0 Å². The summed E-state index contributed by atoms with van der Waals surface area (Å²) in [5.74, 6) is -0.957. The fraction of sp³-hybridized carbons (Fsp3) is 0. The van der Waals surface area contributed by atoms with Crippen molar-refractivity contribution < 1.29 is 14.9 Å². The highest BCUT2D eigenvalue weighted by Crippen LogP contribution is 2.15. The van der Waals surface area contributed by atoms with E-state index in [9.17, 15) is 15.6 Å². The van der Waals surface area contributed by atoms with Crippen molar-refractivity contribution in [2.24, 2.45) is 30.6 Å². The molecule has 0 amide bonds. The van der Waals surface area contributed by atoms with Gasteiger partial charge in [-0.3, -0.25) is 0 Å². The van der Waals surface area contributed by atoms with E-state index in [0.29, 0.717) is 0 Å². The van der Waals surface area contributed by atoms with Crippen LogP contribution in [0.3, 0.4) is 0 Å². The number of hydrazone groups is 3. The monoisotopic (exact) mass is 224 g/mol. The van der Waals surface area contributed by atoms with Gasteiger partial charge in [0.25, 0.3) is 0 Å². The van der Waals surface area contributed by atoms with Crippen molar-refractivity contribution in [2.75, 3.05) is 0 Å². The summed E-state index contributed by atoms with van der Waals surface area (Å²) in [5.41, 5.74) is 0. The maximum Gasteiger partial charge on any atom is 0.377 e. The Morgan fingerprint density at radius 1 is 0.688 bits per heavy atom. The molecule has 3 rings (SSSR count). The second kappa shape index (κ2) is 2.53. The molecule has 3 aliphatic rings. The van der Waals surface area contributed by atoms with Gasteiger partial charge in [-0.1, -0.05) is 0 Å². The SMILES string of the molecule is [O-][N+]1=NC2=N[N+]([O-])=NC3=N[N+]([O-])=NC(=N1)N23. The summed E-state index contributed by atoms with van der Waals surface area (Å²) in [4.78, 5) is 0.621. The van der Waals surface area contributed by atoms with Crippen LogP contribution in [0.5, 0.6) is 0 Å². The van der Waals surface area contributed by atoms with Gasteiger partial charge in [-0.05, 0) is 0 Å². The average Bonchev–Trinajstić information content (AvgIpc) is 2.14. The first-order chi connectivity index (χ1) is 7.63. The molecule has 16 heavy (non-hydrogen) atoms. The van der Waals surface area contributed by atoms with E-state index in [0.717, 1.165) is 4.90 Å². The average molecular weight is 224 g/mol. The summed E-state index contributed by atoms with van der Waals surface area (Å²) >= 11 is 0. The smallest absolute Gasteiger partial charge is 0.377 e. The minimum Gasteiger partial charge on any atom is -0.569 e. The maximum absolute atomic E-state index is 10.9. The van der Waals surface area contributed by atoms with Crippen molar-refractivity contribution >= 4 is 17.9 Å². The molecule has 0 radical (unpaired) electrons. The van der Waals surface area contributed by atoms with E-state index in [1.54, 1.807) is 0 Å². The molecule has 0 spiro atoms. The highest BCUT2D eigenvalue weighted by atomic mass is 16.6. The maximum atomic E-state index is 10.9. The van der Waals surface area contributed by atoms with Crippen LogP contribution < -0.4 is 0 Å². The lowest BCUT2D eigenvalue weighted by Crippen LogP contribution is -2.47. The summed E-state index contributed by atoms with van der Waals surface area (Å²) in [7, 11) is 0. The molecule has 0 aromatic rings. The van der Waals surface area contributed by atoms with Gasteiger partial charge in [-0.2, -0.15) is 4.90 Å². The molecule has 80 valence electrons. The molecule has 0 unspecified atom stereocenters. The molecule has 0 aliphatic carbocycles. The molecular weight excluding hydrogens is 224 g/mol. The summed E-state index contributed by atoms with van der Waals surface area (Å²) < 4.78 is 0. The first-order valence-corrected chi connectivity index (χ1v) is 3.76. The van der Waals surface area contributed by atoms with E-state index in [4.69, 9.17) is 0 Å². The normalized spacial score (nSPS) is 22.1. The Morgan fingerprint density at radius 3 is 1.31 bits per heavy atom. The van der Waals surface area contributed by atoms with Gasteiger partial charge in [0, 0.05) is 0 Å². The molecule has 0 bridgehead atoms. The number of guanidine groups is 3. The fourth-order valence-corrected chi connectivity index (χ4v) is 1.12. The predicted octanol–water partition coefficient (Wildman–Crippen LogP) is -0.970. The number of rotatable bonds is 0. The third-order valence-electron chi connectivity index (χ3n) is 1.65. The van der Waals surface area contributed by atoms with Crippen LogP contribution in [0, 0.1) is 15.6 Å². The molecule has 0 saturated carbocycles. The minimum atomic E-state index is -0.319. The van der Waals surface area contributed by atoms with Crippen molar-refractivity contribution in [3.05, 3.63) is 15.6 Å². The topological polar surface area (TPSA) is 156 Å². The van der Waals surface area contributed by atoms with Gasteiger partial charge in [0.15, 0.2) is 0 Å². The van der Waals surface area contributed by atoms with Crippen LogP contribution in [0.1, 0.15) is 0 Å². The van der Waals surface area contributed by atoms with Crippen molar-refractivity contribution in [3.63, 3.8) is 0 Å².